The zero-order valence-corrected chi connectivity index (χ0v) is 14.6. The van der Waals surface area contributed by atoms with Crippen LogP contribution in [0.15, 0.2) is 36.5 Å². The Morgan fingerprint density at radius 2 is 2.04 bits per heavy atom. The Morgan fingerprint density at radius 3 is 2.67 bits per heavy atom. The minimum absolute atomic E-state index is 0.0437. The van der Waals surface area contributed by atoms with E-state index in [0.29, 0.717) is 0 Å². The Balaban J connectivity index is 1.89. The fourth-order valence-corrected chi connectivity index (χ4v) is 3.50. The fourth-order valence-electron chi connectivity index (χ4n) is 3.50. The van der Waals surface area contributed by atoms with Crippen molar-refractivity contribution in [3.8, 4) is 0 Å². The highest BCUT2D eigenvalue weighted by Crippen LogP contribution is 2.33. The highest BCUT2D eigenvalue weighted by Gasteiger charge is 2.30. The molecule has 128 valence electrons. The van der Waals surface area contributed by atoms with Gasteiger partial charge in [-0.15, -0.1) is 0 Å². The van der Waals surface area contributed by atoms with Crippen LogP contribution < -0.4 is 11.1 Å². The van der Waals surface area contributed by atoms with E-state index in [4.69, 9.17) is 5.73 Å². The van der Waals surface area contributed by atoms with E-state index in [-0.39, 0.29) is 17.5 Å². The van der Waals surface area contributed by atoms with Crippen LogP contribution in [0.3, 0.4) is 0 Å². The largest absolute Gasteiger partial charge is 0.368 e. The van der Waals surface area contributed by atoms with E-state index in [9.17, 15) is 4.79 Å². The van der Waals surface area contributed by atoms with Crippen molar-refractivity contribution in [2.75, 3.05) is 0 Å². The molecule has 0 saturated carbocycles. The summed E-state index contributed by atoms with van der Waals surface area (Å²) in [6, 6.07) is 9.28. The smallest absolute Gasteiger partial charge is 0.239 e. The van der Waals surface area contributed by atoms with Crippen LogP contribution in [-0.2, 0) is 16.8 Å². The first kappa shape index (κ1) is 16.7. The minimum atomic E-state index is -0.486. The van der Waals surface area contributed by atoms with Crippen LogP contribution in [0.25, 0.3) is 0 Å². The standard InChI is InChI=1S/C19H26N4O/c1-19(2,3)23-16-11-7-10-15(14(16)12-21-23)22-17(18(20)24)13-8-5-4-6-9-13/h4-6,8-9,12,15,17,22H,7,10-11H2,1-3H3,(H2,20,24)/t15-,17-/m1/s1. The number of benzene rings is 1. The SMILES string of the molecule is CC(C)(C)n1ncc2c1CCC[C@H]2N[C@@H](C(N)=O)c1ccccc1. The van der Waals surface area contributed by atoms with Crippen LogP contribution in [0.2, 0.25) is 0 Å². The lowest BCUT2D eigenvalue weighted by Crippen LogP contribution is -2.37. The van der Waals surface area contributed by atoms with Gasteiger partial charge in [0.15, 0.2) is 0 Å². The number of hydrogen-bond acceptors (Lipinski definition) is 3. The number of rotatable bonds is 4. The molecule has 0 saturated heterocycles. The number of carbonyl (C=O) groups excluding carboxylic acids is 1. The molecule has 1 aliphatic rings. The van der Waals surface area contributed by atoms with Gasteiger partial charge >= 0.3 is 0 Å². The monoisotopic (exact) mass is 326 g/mol. The Bertz CT molecular complexity index is 715. The number of nitrogens with zero attached hydrogens (tertiary/aromatic N) is 2. The summed E-state index contributed by atoms with van der Waals surface area (Å²) in [6.45, 7) is 6.48. The van der Waals surface area contributed by atoms with Gasteiger partial charge in [-0.2, -0.15) is 5.10 Å². The molecule has 0 radical (unpaired) electrons. The van der Waals surface area contributed by atoms with E-state index in [1.54, 1.807) is 0 Å². The summed E-state index contributed by atoms with van der Waals surface area (Å²) in [5.41, 5.74) is 8.98. The highest BCUT2D eigenvalue weighted by molar-refractivity contribution is 5.81. The lowest BCUT2D eigenvalue weighted by molar-refractivity contribution is -0.120. The lowest BCUT2D eigenvalue weighted by Gasteiger charge is -2.30. The Hall–Kier alpha value is -2.14. The summed E-state index contributed by atoms with van der Waals surface area (Å²) >= 11 is 0. The van der Waals surface area contributed by atoms with Crippen molar-refractivity contribution in [1.82, 2.24) is 15.1 Å². The molecule has 1 aliphatic carbocycles. The van der Waals surface area contributed by atoms with Gasteiger partial charge < -0.3 is 5.73 Å². The van der Waals surface area contributed by atoms with Crippen molar-refractivity contribution >= 4 is 5.91 Å². The molecule has 3 rings (SSSR count). The predicted molar refractivity (Wildman–Crippen MR) is 94.4 cm³/mol. The van der Waals surface area contributed by atoms with E-state index in [1.807, 2.05) is 36.5 Å². The third kappa shape index (κ3) is 3.22. The summed E-state index contributed by atoms with van der Waals surface area (Å²) in [5, 5.41) is 8.07. The number of primary amides is 1. The molecule has 1 amide bonds. The third-order valence-corrected chi connectivity index (χ3v) is 4.60. The fraction of sp³-hybridized carbons (Fsp3) is 0.474. The number of aromatic nitrogens is 2. The molecule has 1 heterocycles. The second-order valence-corrected chi connectivity index (χ2v) is 7.49. The average molecular weight is 326 g/mol. The molecular weight excluding hydrogens is 300 g/mol. The van der Waals surface area contributed by atoms with Crippen LogP contribution >= 0.6 is 0 Å². The molecular formula is C19H26N4O. The topological polar surface area (TPSA) is 72.9 Å². The maximum atomic E-state index is 12.0. The third-order valence-electron chi connectivity index (χ3n) is 4.60. The molecule has 0 fully saturated rings. The number of nitrogens with two attached hydrogens (primary N) is 1. The van der Waals surface area contributed by atoms with Crippen molar-refractivity contribution < 1.29 is 4.79 Å². The number of amides is 1. The number of fused-ring (bicyclic) bond motifs is 1. The molecule has 0 unspecified atom stereocenters. The van der Waals surface area contributed by atoms with E-state index in [2.05, 4.69) is 35.9 Å². The predicted octanol–water partition coefficient (Wildman–Crippen LogP) is 2.83. The maximum Gasteiger partial charge on any atom is 0.239 e. The molecule has 3 N–H and O–H groups in total. The Labute approximate surface area is 143 Å². The van der Waals surface area contributed by atoms with Crippen LogP contribution in [0.1, 0.15) is 62.5 Å². The van der Waals surface area contributed by atoms with Gasteiger partial charge in [0.25, 0.3) is 0 Å². The van der Waals surface area contributed by atoms with E-state index in [1.165, 1.54) is 11.3 Å². The average Bonchev–Trinajstić information content (AvgIpc) is 2.98. The van der Waals surface area contributed by atoms with Crippen molar-refractivity contribution in [2.45, 2.75) is 57.7 Å². The Morgan fingerprint density at radius 1 is 1.33 bits per heavy atom. The Kier molecular flexibility index (Phi) is 4.45. The molecule has 1 aromatic carbocycles. The molecule has 2 atom stereocenters. The van der Waals surface area contributed by atoms with Crippen molar-refractivity contribution in [3.63, 3.8) is 0 Å². The molecule has 24 heavy (non-hydrogen) atoms. The molecule has 0 aliphatic heterocycles. The number of hydrogen-bond donors (Lipinski definition) is 2. The van der Waals surface area contributed by atoms with Gasteiger partial charge in [0.05, 0.1) is 11.7 Å². The van der Waals surface area contributed by atoms with Crippen LogP contribution in [0, 0.1) is 0 Å². The summed E-state index contributed by atoms with van der Waals surface area (Å²) in [4.78, 5) is 12.0. The molecule has 5 heteroatoms. The zero-order valence-electron chi connectivity index (χ0n) is 14.6. The zero-order chi connectivity index (χ0) is 17.3. The molecule has 0 bridgehead atoms. The van der Waals surface area contributed by atoms with Gasteiger partial charge in [-0.1, -0.05) is 30.3 Å². The van der Waals surface area contributed by atoms with Crippen molar-refractivity contribution in [1.29, 1.82) is 0 Å². The van der Waals surface area contributed by atoms with Crippen LogP contribution in [0.5, 0.6) is 0 Å². The highest BCUT2D eigenvalue weighted by atomic mass is 16.1. The summed E-state index contributed by atoms with van der Waals surface area (Å²) in [7, 11) is 0. The normalized spacial score (nSPS) is 18.9. The van der Waals surface area contributed by atoms with E-state index in [0.717, 1.165) is 24.8 Å². The van der Waals surface area contributed by atoms with Crippen LogP contribution in [-0.4, -0.2) is 15.7 Å². The molecule has 1 aromatic heterocycles. The lowest BCUT2D eigenvalue weighted by atomic mass is 9.91. The second kappa shape index (κ2) is 6.40. The van der Waals surface area contributed by atoms with E-state index >= 15 is 0 Å². The number of carbonyl (C=O) groups is 1. The molecule has 0 spiro atoms. The molecule has 2 aromatic rings. The van der Waals surface area contributed by atoms with Crippen molar-refractivity contribution in [3.05, 3.63) is 53.3 Å². The quantitative estimate of drug-likeness (QED) is 0.907. The summed E-state index contributed by atoms with van der Waals surface area (Å²) < 4.78 is 2.11. The van der Waals surface area contributed by atoms with Gasteiger partial charge in [-0.25, -0.2) is 0 Å². The second-order valence-electron chi connectivity index (χ2n) is 7.49. The van der Waals surface area contributed by atoms with Crippen LogP contribution in [0.4, 0.5) is 0 Å². The number of nitrogens with one attached hydrogen (secondary N) is 1. The first-order valence-electron chi connectivity index (χ1n) is 8.55. The van der Waals surface area contributed by atoms with Crippen molar-refractivity contribution in [2.24, 2.45) is 5.73 Å². The first-order valence-corrected chi connectivity index (χ1v) is 8.55. The summed E-state index contributed by atoms with van der Waals surface area (Å²) in [6.07, 6.45) is 5.03. The maximum absolute atomic E-state index is 12.0. The van der Waals surface area contributed by atoms with Gasteiger partial charge in [0, 0.05) is 17.3 Å². The van der Waals surface area contributed by atoms with Gasteiger partial charge in [0.2, 0.25) is 5.91 Å². The molecule has 5 nitrogen and oxygen atoms in total. The minimum Gasteiger partial charge on any atom is -0.368 e. The van der Waals surface area contributed by atoms with Gasteiger partial charge in [-0.05, 0) is 45.6 Å². The first-order chi connectivity index (χ1) is 11.4. The van der Waals surface area contributed by atoms with Gasteiger partial charge in [-0.3, -0.25) is 14.8 Å². The van der Waals surface area contributed by atoms with Gasteiger partial charge in [0.1, 0.15) is 6.04 Å². The summed E-state index contributed by atoms with van der Waals surface area (Å²) in [5.74, 6) is -0.350. The van der Waals surface area contributed by atoms with E-state index < -0.39 is 6.04 Å².